The second-order valence-electron chi connectivity index (χ2n) is 14.3. The van der Waals surface area contributed by atoms with E-state index in [1.165, 1.54) is 27.1 Å². The van der Waals surface area contributed by atoms with Gasteiger partial charge in [0.25, 0.3) is 0 Å². The Morgan fingerprint density at radius 2 is 0.632 bits per heavy atom. The van der Waals surface area contributed by atoms with Gasteiger partial charge in [-0.05, 0) is 75.0 Å². The predicted octanol–water partition coefficient (Wildman–Crippen LogP) is 13.6. The van der Waals surface area contributed by atoms with Gasteiger partial charge in [-0.1, -0.05) is 176 Å². The van der Waals surface area contributed by atoms with Gasteiger partial charge in [0.1, 0.15) is 0 Å². The van der Waals surface area contributed by atoms with Gasteiger partial charge < -0.3 is 0 Å². The molecule has 0 aliphatic carbocycles. The summed E-state index contributed by atoms with van der Waals surface area (Å²) in [5, 5.41) is 4.80. The SMILES string of the molecule is Cc1cc(-c2ccccc2)nc(-c2cccc(-c3cccc4c3ccc3c(-c5cccc(-c6nc(-c7ccccc7)cc(-c7ccccc7)n6)c5)cccc34)c2)n1. The van der Waals surface area contributed by atoms with Crippen LogP contribution in [0.3, 0.4) is 0 Å². The van der Waals surface area contributed by atoms with Crippen LogP contribution in [0.25, 0.3) is 100 Å². The molecule has 57 heavy (non-hydrogen) atoms. The van der Waals surface area contributed by atoms with Crippen molar-refractivity contribution in [3.63, 3.8) is 0 Å². The molecule has 4 heteroatoms. The molecule has 8 aromatic carbocycles. The van der Waals surface area contributed by atoms with Crippen LogP contribution >= 0.6 is 0 Å². The standard InChI is InChI=1S/C53H36N4/c1-35-31-49(36-15-5-2-6-16-36)55-52(54-35)41-23-11-21-39(32-41)43-25-13-27-45-46-28-14-26-44(48(46)30-29-47(43)45)40-22-12-24-42(33-40)53-56-50(37-17-7-3-8-18-37)34-51(57-53)38-19-9-4-10-20-38/h2-34H,1H3. The van der Waals surface area contributed by atoms with E-state index in [0.29, 0.717) is 5.82 Å². The Hall–Kier alpha value is -7.56. The minimum atomic E-state index is 0.696. The summed E-state index contributed by atoms with van der Waals surface area (Å²) in [6, 6.07) is 70.0. The molecule has 0 aliphatic rings. The third kappa shape index (κ3) is 6.64. The van der Waals surface area contributed by atoms with Crippen LogP contribution < -0.4 is 0 Å². The molecule has 0 unspecified atom stereocenters. The third-order valence-corrected chi connectivity index (χ3v) is 10.6. The number of hydrogen-bond acceptors (Lipinski definition) is 4. The lowest BCUT2D eigenvalue weighted by Crippen LogP contribution is -1.96. The smallest absolute Gasteiger partial charge is 0.160 e. The molecule has 0 N–H and O–H groups in total. The fourth-order valence-electron chi connectivity index (χ4n) is 7.83. The molecule has 0 spiro atoms. The van der Waals surface area contributed by atoms with Gasteiger partial charge in [0.05, 0.1) is 17.1 Å². The number of hydrogen-bond donors (Lipinski definition) is 0. The molecule has 2 heterocycles. The van der Waals surface area contributed by atoms with Crippen LogP contribution in [0, 0.1) is 6.92 Å². The van der Waals surface area contributed by atoms with Crippen molar-refractivity contribution in [2.45, 2.75) is 6.92 Å². The van der Waals surface area contributed by atoms with Crippen molar-refractivity contribution in [2.24, 2.45) is 0 Å². The van der Waals surface area contributed by atoms with Crippen molar-refractivity contribution in [1.82, 2.24) is 19.9 Å². The first-order chi connectivity index (χ1) is 28.1. The van der Waals surface area contributed by atoms with E-state index in [4.69, 9.17) is 19.9 Å². The lowest BCUT2D eigenvalue weighted by atomic mass is 9.91. The largest absolute Gasteiger partial charge is 0.233 e. The summed E-state index contributed by atoms with van der Waals surface area (Å²) in [5.41, 5.74) is 13.4. The summed E-state index contributed by atoms with van der Waals surface area (Å²) in [4.78, 5) is 20.1. The second kappa shape index (κ2) is 14.6. The van der Waals surface area contributed by atoms with E-state index < -0.39 is 0 Å². The molecular formula is C53H36N4. The van der Waals surface area contributed by atoms with Gasteiger partial charge in [-0.2, -0.15) is 0 Å². The lowest BCUT2D eigenvalue weighted by Gasteiger charge is -2.14. The van der Waals surface area contributed by atoms with Crippen molar-refractivity contribution in [3.8, 4) is 78.8 Å². The van der Waals surface area contributed by atoms with E-state index >= 15 is 0 Å². The van der Waals surface area contributed by atoms with E-state index in [1.54, 1.807) is 0 Å². The Kier molecular flexibility index (Phi) is 8.69. The maximum atomic E-state index is 5.10. The molecule has 268 valence electrons. The predicted molar refractivity (Wildman–Crippen MR) is 235 cm³/mol. The fraction of sp³-hybridized carbons (Fsp3) is 0.0189. The molecule has 10 aromatic rings. The molecule has 4 nitrogen and oxygen atoms in total. The zero-order chi connectivity index (χ0) is 38.1. The first-order valence-electron chi connectivity index (χ1n) is 19.2. The van der Waals surface area contributed by atoms with Crippen LogP contribution in [-0.2, 0) is 0 Å². The van der Waals surface area contributed by atoms with Gasteiger partial charge in [0, 0.05) is 33.5 Å². The van der Waals surface area contributed by atoms with Gasteiger partial charge >= 0.3 is 0 Å². The van der Waals surface area contributed by atoms with Crippen molar-refractivity contribution in [3.05, 3.63) is 206 Å². The van der Waals surface area contributed by atoms with Gasteiger partial charge in [-0.3, -0.25) is 0 Å². The number of fused-ring (bicyclic) bond motifs is 3. The lowest BCUT2D eigenvalue weighted by molar-refractivity contribution is 1.12. The van der Waals surface area contributed by atoms with Gasteiger partial charge in [0.15, 0.2) is 11.6 Å². The molecular weight excluding hydrogens is 693 g/mol. The fourth-order valence-corrected chi connectivity index (χ4v) is 7.83. The Balaban J connectivity index is 1.04. The highest BCUT2D eigenvalue weighted by Crippen LogP contribution is 2.39. The van der Waals surface area contributed by atoms with Crippen molar-refractivity contribution in [1.29, 1.82) is 0 Å². The summed E-state index contributed by atoms with van der Waals surface area (Å²) in [7, 11) is 0. The zero-order valence-corrected chi connectivity index (χ0v) is 31.3. The van der Waals surface area contributed by atoms with Crippen molar-refractivity contribution >= 4 is 21.5 Å². The zero-order valence-electron chi connectivity index (χ0n) is 31.3. The highest BCUT2D eigenvalue weighted by Gasteiger charge is 2.15. The van der Waals surface area contributed by atoms with Gasteiger partial charge in [-0.25, -0.2) is 19.9 Å². The van der Waals surface area contributed by atoms with E-state index in [2.05, 4.69) is 140 Å². The van der Waals surface area contributed by atoms with Gasteiger partial charge in [0.2, 0.25) is 0 Å². The topological polar surface area (TPSA) is 51.6 Å². The molecule has 0 fully saturated rings. The first kappa shape index (κ1) is 34.0. The normalized spacial score (nSPS) is 11.2. The molecule has 0 saturated carbocycles. The monoisotopic (exact) mass is 728 g/mol. The Morgan fingerprint density at radius 3 is 1.09 bits per heavy atom. The molecule has 0 bridgehead atoms. The molecule has 0 atom stereocenters. The molecule has 0 saturated heterocycles. The summed E-state index contributed by atoms with van der Waals surface area (Å²) in [6.07, 6.45) is 0. The molecule has 0 amide bonds. The maximum Gasteiger partial charge on any atom is 0.160 e. The number of benzene rings is 8. The summed E-state index contributed by atoms with van der Waals surface area (Å²) < 4.78 is 0. The van der Waals surface area contributed by atoms with E-state index in [-0.39, 0.29) is 0 Å². The maximum absolute atomic E-state index is 5.10. The number of aryl methyl sites for hydroxylation is 1. The molecule has 0 radical (unpaired) electrons. The number of aromatic nitrogens is 4. The van der Waals surface area contributed by atoms with Gasteiger partial charge in [-0.15, -0.1) is 0 Å². The highest BCUT2D eigenvalue weighted by atomic mass is 14.9. The summed E-state index contributed by atoms with van der Waals surface area (Å²) >= 11 is 0. The first-order valence-corrected chi connectivity index (χ1v) is 19.2. The van der Waals surface area contributed by atoms with Crippen LogP contribution in [0.2, 0.25) is 0 Å². The Labute approximate surface area is 331 Å². The quantitative estimate of drug-likeness (QED) is 0.153. The van der Waals surface area contributed by atoms with Crippen LogP contribution in [0.4, 0.5) is 0 Å². The van der Waals surface area contributed by atoms with Crippen LogP contribution in [0.5, 0.6) is 0 Å². The minimum Gasteiger partial charge on any atom is -0.233 e. The number of rotatable bonds is 7. The third-order valence-electron chi connectivity index (χ3n) is 10.6. The molecule has 0 aliphatic heterocycles. The van der Waals surface area contributed by atoms with Crippen LogP contribution in [0.15, 0.2) is 200 Å². The van der Waals surface area contributed by atoms with Crippen LogP contribution in [-0.4, -0.2) is 19.9 Å². The Morgan fingerprint density at radius 1 is 0.263 bits per heavy atom. The second-order valence-corrected chi connectivity index (χ2v) is 14.3. The van der Waals surface area contributed by atoms with Crippen LogP contribution in [0.1, 0.15) is 5.69 Å². The highest BCUT2D eigenvalue weighted by molar-refractivity contribution is 6.15. The summed E-state index contributed by atoms with van der Waals surface area (Å²) in [5.74, 6) is 1.42. The Bertz CT molecular complexity index is 3010. The van der Waals surface area contributed by atoms with E-state index in [1.807, 2.05) is 67.6 Å². The minimum absolute atomic E-state index is 0.696. The van der Waals surface area contributed by atoms with E-state index in [0.717, 1.165) is 73.1 Å². The average Bonchev–Trinajstić information content (AvgIpc) is 3.29. The average molecular weight is 729 g/mol. The molecule has 2 aromatic heterocycles. The van der Waals surface area contributed by atoms with Crippen molar-refractivity contribution < 1.29 is 0 Å². The van der Waals surface area contributed by atoms with E-state index in [9.17, 15) is 0 Å². The van der Waals surface area contributed by atoms with Crippen molar-refractivity contribution in [2.75, 3.05) is 0 Å². The molecule has 10 rings (SSSR count). The number of nitrogens with zero attached hydrogens (tertiary/aromatic N) is 4. The summed E-state index contributed by atoms with van der Waals surface area (Å²) in [6.45, 7) is 2.03.